The van der Waals surface area contributed by atoms with Gasteiger partial charge in [-0.3, -0.25) is 18.6 Å². The monoisotopic (exact) mass is 789 g/mol. The molecule has 14 heteroatoms. The smallest absolute Gasteiger partial charge is 0.463 e. The summed E-state index contributed by atoms with van der Waals surface area (Å²) in [7, 11) is -4.60. The maximum atomic E-state index is 12.6. The van der Waals surface area contributed by atoms with Crippen LogP contribution in [0.15, 0.2) is 24.3 Å². The fourth-order valence-electron chi connectivity index (χ4n) is 5.12. The van der Waals surface area contributed by atoms with E-state index in [0.29, 0.717) is 25.9 Å². The number of carbonyl (C=O) groups excluding carboxylic acids is 4. The molecule has 1 amide bonds. The summed E-state index contributed by atoms with van der Waals surface area (Å²) in [6.45, 7) is 8.17. The molecule has 0 spiro atoms. The Bertz CT molecular complexity index is 1100. The van der Waals surface area contributed by atoms with E-state index < -0.39 is 44.2 Å². The molecule has 0 rings (SSSR count). The summed E-state index contributed by atoms with van der Waals surface area (Å²) < 4.78 is 43.5. The van der Waals surface area contributed by atoms with Crippen molar-refractivity contribution in [1.82, 2.24) is 5.32 Å². The number of esters is 3. The van der Waals surface area contributed by atoms with E-state index in [9.17, 15) is 28.6 Å². The maximum Gasteiger partial charge on any atom is 0.472 e. The lowest BCUT2D eigenvalue weighted by Gasteiger charge is -2.21. The number of unbranched alkanes of at least 4 members (excludes halogenated alkanes) is 16. The molecule has 0 fully saturated rings. The number of allylic oxidation sites excluding steroid dienone is 3. The van der Waals surface area contributed by atoms with Crippen LogP contribution in [0.3, 0.4) is 0 Å². The molecule has 0 aromatic carbocycles. The van der Waals surface area contributed by atoms with Crippen molar-refractivity contribution < 1.29 is 56.6 Å². The van der Waals surface area contributed by atoms with E-state index in [1.165, 1.54) is 63.9 Å². The minimum absolute atomic E-state index is 0.0950. The first-order valence-electron chi connectivity index (χ1n) is 20.2. The predicted molar refractivity (Wildman–Crippen MR) is 210 cm³/mol. The number of alkyl carbamates (subject to hydrolysis) is 1. The summed E-state index contributed by atoms with van der Waals surface area (Å²) in [4.78, 5) is 58.6. The molecule has 0 aliphatic heterocycles. The van der Waals surface area contributed by atoms with Crippen molar-refractivity contribution in [2.75, 3.05) is 33.0 Å². The average molecular weight is 790 g/mol. The number of phosphoric ester groups is 1. The summed E-state index contributed by atoms with van der Waals surface area (Å²) in [5.74, 6) is -1.40. The van der Waals surface area contributed by atoms with Gasteiger partial charge in [0.2, 0.25) is 0 Å². The Morgan fingerprint density at radius 1 is 0.685 bits per heavy atom. The van der Waals surface area contributed by atoms with Crippen LogP contribution >= 0.6 is 7.82 Å². The normalized spacial score (nSPS) is 13.4. The fraction of sp³-hybridized carbons (Fsp3) is 0.800. The zero-order valence-corrected chi connectivity index (χ0v) is 34.8. The first kappa shape index (κ1) is 51.3. The van der Waals surface area contributed by atoms with Crippen LogP contribution in [-0.2, 0) is 46.9 Å². The number of hydrogen-bond acceptors (Lipinski definition) is 11. The summed E-state index contributed by atoms with van der Waals surface area (Å²) in [6, 6.07) is 0. The van der Waals surface area contributed by atoms with Gasteiger partial charge in [-0.15, -0.1) is 0 Å². The minimum atomic E-state index is -4.60. The number of phosphoric acid groups is 1. The van der Waals surface area contributed by atoms with Gasteiger partial charge in [0.25, 0.3) is 0 Å². The quantitative estimate of drug-likeness (QED) is 0.0158. The number of amides is 1. The lowest BCUT2D eigenvalue weighted by Crippen LogP contribution is -2.34. The van der Waals surface area contributed by atoms with Crippen LogP contribution in [0, 0.1) is 0 Å². The van der Waals surface area contributed by atoms with Gasteiger partial charge in [0.05, 0.1) is 19.8 Å². The molecule has 0 radical (unpaired) electrons. The van der Waals surface area contributed by atoms with Crippen LogP contribution in [0.5, 0.6) is 0 Å². The molecule has 0 aromatic heterocycles. The lowest BCUT2D eigenvalue weighted by molar-refractivity contribution is -0.161. The highest BCUT2D eigenvalue weighted by Gasteiger charge is 2.26. The molecule has 0 saturated carbocycles. The number of hydrogen-bond donors (Lipinski definition) is 2. The van der Waals surface area contributed by atoms with E-state index in [0.717, 1.165) is 38.5 Å². The molecule has 2 N–H and O–H groups in total. The second kappa shape index (κ2) is 33.6. The molecule has 2 atom stereocenters. The molecule has 0 aromatic rings. The average Bonchev–Trinajstić information content (AvgIpc) is 3.10. The highest BCUT2D eigenvalue weighted by Crippen LogP contribution is 2.43. The first-order valence-corrected chi connectivity index (χ1v) is 21.7. The van der Waals surface area contributed by atoms with Crippen molar-refractivity contribution >= 4 is 31.8 Å². The van der Waals surface area contributed by atoms with E-state index in [-0.39, 0.29) is 38.6 Å². The topological polar surface area (TPSA) is 173 Å². The van der Waals surface area contributed by atoms with Gasteiger partial charge in [-0.2, -0.15) is 0 Å². The summed E-state index contributed by atoms with van der Waals surface area (Å²) in [5, 5.41) is 2.41. The van der Waals surface area contributed by atoms with Crippen molar-refractivity contribution in [1.29, 1.82) is 0 Å². The Morgan fingerprint density at radius 3 is 1.78 bits per heavy atom. The molecular formula is C40H72NO12P. The van der Waals surface area contributed by atoms with Crippen molar-refractivity contribution in [3.05, 3.63) is 24.3 Å². The predicted octanol–water partition coefficient (Wildman–Crippen LogP) is 9.60. The van der Waals surface area contributed by atoms with Crippen LogP contribution < -0.4 is 5.32 Å². The van der Waals surface area contributed by atoms with E-state index in [4.69, 9.17) is 28.0 Å². The van der Waals surface area contributed by atoms with Crippen molar-refractivity contribution in [3.63, 3.8) is 0 Å². The number of nitrogens with one attached hydrogen (secondary N) is 1. The lowest BCUT2D eigenvalue weighted by atomic mass is 10.0. The van der Waals surface area contributed by atoms with Crippen molar-refractivity contribution in [2.24, 2.45) is 0 Å². The fourth-order valence-corrected chi connectivity index (χ4v) is 5.87. The molecule has 0 saturated heterocycles. The largest absolute Gasteiger partial charge is 0.472 e. The third-order valence-electron chi connectivity index (χ3n) is 7.97. The highest BCUT2D eigenvalue weighted by atomic mass is 31.2. The van der Waals surface area contributed by atoms with Gasteiger partial charge in [0.1, 0.15) is 12.2 Å². The molecule has 314 valence electrons. The Hall–Kier alpha value is -2.73. The molecule has 0 bridgehead atoms. The standard InChI is InChI=1S/C40H72NO12P/c1-6-8-10-11-12-13-14-15-16-17-18-20-24-28-37(43)49-33-35(34-51-54(46,47)50-32-30-41-39(45)53-40(3,4)5)52-38(44)29-25-21-19-22-26-31-48-36(42)27-23-9-7-2/h7,9,23,27,35H,6,8,10-22,24-26,28-34H2,1-5H3,(H,41,45)(H,46,47)/b9-7+,27-23+/t35-/m1/s1. The van der Waals surface area contributed by atoms with Crippen LogP contribution in [0.2, 0.25) is 0 Å². The molecule has 1 unspecified atom stereocenters. The van der Waals surface area contributed by atoms with Gasteiger partial charge in [-0.25, -0.2) is 14.2 Å². The molecule has 13 nitrogen and oxygen atoms in total. The zero-order valence-electron chi connectivity index (χ0n) is 33.9. The second-order valence-electron chi connectivity index (χ2n) is 14.4. The van der Waals surface area contributed by atoms with Gasteiger partial charge in [0, 0.05) is 25.5 Å². The van der Waals surface area contributed by atoms with Crippen LogP contribution in [0.25, 0.3) is 0 Å². The molecule has 54 heavy (non-hydrogen) atoms. The van der Waals surface area contributed by atoms with Gasteiger partial charge < -0.3 is 29.2 Å². The first-order chi connectivity index (χ1) is 25.8. The van der Waals surface area contributed by atoms with E-state index in [2.05, 4.69) is 12.2 Å². The van der Waals surface area contributed by atoms with E-state index in [1.54, 1.807) is 32.9 Å². The van der Waals surface area contributed by atoms with Gasteiger partial charge >= 0.3 is 31.8 Å². The van der Waals surface area contributed by atoms with Crippen LogP contribution in [0.4, 0.5) is 4.79 Å². The Balaban J connectivity index is 4.60. The minimum Gasteiger partial charge on any atom is -0.463 e. The van der Waals surface area contributed by atoms with Gasteiger partial charge in [-0.05, 0) is 47.0 Å². The summed E-state index contributed by atoms with van der Waals surface area (Å²) in [5.41, 5.74) is -0.704. The number of rotatable bonds is 34. The molecular weight excluding hydrogens is 717 g/mol. The number of ether oxygens (including phenoxy) is 4. The molecule has 0 aliphatic carbocycles. The second-order valence-corrected chi connectivity index (χ2v) is 15.8. The zero-order chi connectivity index (χ0) is 40.3. The Labute approximate surface area is 325 Å². The van der Waals surface area contributed by atoms with E-state index >= 15 is 0 Å². The van der Waals surface area contributed by atoms with Crippen LogP contribution in [0.1, 0.15) is 163 Å². The van der Waals surface area contributed by atoms with Crippen molar-refractivity contribution in [2.45, 2.75) is 175 Å². The van der Waals surface area contributed by atoms with Gasteiger partial charge in [0.15, 0.2) is 6.10 Å². The summed E-state index contributed by atoms with van der Waals surface area (Å²) in [6.07, 6.45) is 24.1. The maximum absolute atomic E-state index is 12.6. The number of carbonyl (C=O) groups is 4. The third kappa shape index (κ3) is 36.3. The van der Waals surface area contributed by atoms with Gasteiger partial charge in [-0.1, -0.05) is 121 Å². The van der Waals surface area contributed by atoms with E-state index in [1.807, 2.05) is 13.0 Å². The van der Waals surface area contributed by atoms with Crippen molar-refractivity contribution in [3.8, 4) is 0 Å². The SMILES string of the molecule is C/C=C/C=C/C(=O)OCCCCCCCC(=O)O[C@H](COC(=O)CCCCCCCCCCCCCCC)COP(=O)(O)OCCNC(=O)OC(C)(C)C. The molecule has 0 heterocycles. The molecule has 0 aliphatic rings. The summed E-state index contributed by atoms with van der Waals surface area (Å²) >= 11 is 0. The Morgan fingerprint density at radius 2 is 1.22 bits per heavy atom. The highest BCUT2D eigenvalue weighted by molar-refractivity contribution is 7.47. The van der Waals surface area contributed by atoms with Crippen LogP contribution in [-0.4, -0.2) is 73.6 Å². The third-order valence-corrected chi connectivity index (χ3v) is 8.95. The Kier molecular flexibility index (Phi) is 31.9.